The van der Waals surface area contributed by atoms with Crippen LogP contribution >= 0.6 is 0 Å². The lowest BCUT2D eigenvalue weighted by Gasteiger charge is -2.19. The molecule has 0 radical (unpaired) electrons. The van der Waals surface area contributed by atoms with E-state index in [1.54, 1.807) is 18.5 Å². The molecule has 0 saturated carbocycles. The molecule has 2 aromatic heterocycles. The Morgan fingerprint density at radius 2 is 2.10 bits per heavy atom. The highest BCUT2D eigenvalue weighted by Gasteiger charge is 2.35. The zero-order chi connectivity index (χ0) is 19.8. The van der Waals surface area contributed by atoms with Crippen LogP contribution in [0.1, 0.15) is 46.6 Å². The fourth-order valence-corrected chi connectivity index (χ4v) is 3.98. The molecular formula is C21H19N5O3. The van der Waals surface area contributed by atoms with E-state index in [1.165, 1.54) is 0 Å². The first-order valence-corrected chi connectivity index (χ1v) is 9.60. The van der Waals surface area contributed by atoms with Crippen molar-refractivity contribution in [2.45, 2.75) is 24.8 Å². The number of likely N-dealkylation sites (tertiary alicyclic amines) is 1. The van der Waals surface area contributed by atoms with Gasteiger partial charge in [-0.3, -0.25) is 14.6 Å². The van der Waals surface area contributed by atoms with E-state index in [1.807, 2.05) is 35.2 Å². The minimum absolute atomic E-state index is 0.0153. The molecule has 146 valence electrons. The Morgan fingerprint density at radius 1 is 1.21 bits per heavy atom. The first kappa shape index (κ1) is 17.5. The van der Waals surface area contributed by atoms with Crippen molar-refractivity contribution < 1.29 is 14.0 Å². The van der Waals surface area contributed by atoms with Gasteiger partial charge in [0.25, 0.3) is 5.91 Å². The van der Waals surface area contributed by atoms with E-state index >= 15 is 0 Å². The monoisotopic (exact) mass is 389 g/mol. The number of rotatable bonds is 4. The first-order valence-electron chi connectivity index (χ1n) is 9.60. The normalized spacial score (nSPS) is 20.6. The summed E-state index contributed by atoms with van der Waals surface area (Å²) in [5, 5.41) is 11.2. The molecule has 4 heterocycles. The lowest BCUT2D eigenvalue weighted by atomic mass is 10.0. The molecule has 2 amide bonds. The molecule has 1 fully saturated rings. The molecule has 8 heteroatoms. The fraction of sp³-hybridized carbons (Fsp3) is 0.286. The second-order valence-corrected chi connectivity index (χ2v) is 7.33. The zero-order valence-electron chi connectivity index (χ0n) is 15.6. The van der Waals surface area contributed by atoms with Crippen LogP contribution in [0.2, 0.25) is 0 Å². The van der Waals surface area contributed by atoms with Crippen LogP contribution in [-0.4, -0.2) is 45.0 Å². The summed E-state index contributed by atoms with van der Waals surface area (Å²) in [5.74, 6) is 0.886. The van der Waals surface area contributed by atoms with Gasteiger partial charge in [-0.25, -0.2) is 0 Å². The number of carbonyl (C=O) groups excluding carboxylic acids is 2. The highest BCUT2D eigenvalue weighted by atomic mass is 16.4. The number of benzene rings is 1. The van der Waals surface area contributed by atoms with Gasteiger partial charge in [0.2, 0.25) is 17.7 Å². The van der Waals surface area contributed by atoms with Crippen molar-refractivity contribution in [2.75, 3.05) is 13.1 Å². The van der Waals surface area contributed by atoms with Crippen molar-refractivity contribution in [1.82, 2.24) is 25.4 Å². The maximum atomic E-state index is 12.8. The van der Waals surface area contributed by atoms with Crippen LogP contribution in [0.3, 0.4) is 0 Å². The number of nitrogens with zero attached hydrogens (tertiary/aromatic N) is 4. The number of nitrogens with one attached hydrogen (secondary N) is 1. The second-order valence-electron chi connectivity index (χ2n) is 7.33. The molecule has 0 aliphatic carbocycles. The van der Waals surface area contributed by atoms with Crippen LogP contribution in [0.4, 0.5) is 0 Å². The number of amides is 2. The molecular weight excluding hydrogens is 370 g/mol. The molecule has 8 nitrogen and oxygen atoms in total. The molecule has 2 aliphatic heterocycles. The van der Waals surface area contributed by atoms with Gasteiger partial charge < -0.3 is 14.6 Å². The van der Waals surface area contributed by atoms with Gasteiger partial charge in [0.15, 0.2) is 0 Å². The van der Waals surface area contributed by atoms with E-state index in [4.69, 9.17) is 4.42 Å². The highest BCUT2D eigenvalue weighted by Crippen LogP contribution is 2.31. The van der Waals surface area contributed by atoms with Gasteiger partial charge in [0, 0.05) is 31.0 Å². The predicted octanol–water partition coefficient (Wildman–Crippen LogP) is 2.32. The van der Waals surface area contributed by atoms with Crippen molar-refractivity contribution in [1.29, 1.82) is 0 Å². The quantitative estimate of drug-likeness (QED) is 0.735. The number of pyridine rings is 1. The minimum atomic E-state index is -0.272. The maximum absolute atomic E-state index is 12.8. The summed E-state index contributed by atoms with van der Waals surface area (Å²) in [6, 6.07) is 10.8. The van der Waals surface area contributed by atoms with Crippen LogP contribution in [0.5, 0.6) is 0 Å². The molecule has 5 rings (SSSR count). The summed E-state index contributed by atoms with van der Waals surface area (Å²) >= 11 is 0. The van der Waals surface area contributed by atoms with Crippen LogP contribution in [0.15, 0.2) is 53.2 Å². The van der Waals surface area contributed by atoms with Crippen molar-refractivity contribution in [3.63, 3.8) is 0 Å². The van der Waals surface area contributed by atoms with E-state index in [9.17, 15) is 9.59 Å². The Hall–Kier alpha value is -3.55. The van der Waals surface area contributed by atoms with Gasteiger partial charge in [-0.1, -0.05) is 18.2 Å². The second kappa shape index (κ2) is 7.12. The number of carbonyl (C=O) groups is 2. The predicted molar refractivity (Wildman–Crippen MR) is 103 cm³/mol. The smallest absolute Gasteiger partial charge is 0.252 e. The molecule has 2 atom stereocenters. The molecule has 2 aliphatic rings. The van der Waals surface area contributed by atoms with Gasteiger partial charge in [-0.05, 0) is 30.2 Å². The van der Waals surface area contributed by atoms with E-state index in [2.05, 4.69) is 20.5 Å². The minimum Gasteiger partial charge on any atom is -0.420 e. The molecule has 0 bridgehead atoms. The fourth-order valence-electron chi connectivity index (χ4n) is 3.98. The van der Waals surface area contributed by atoms with Crippen molar-refractivity contribution in [3.05, 3.63) is 65.8 Å². The Labute approximate surface area is 167 Å². The van der Waals surface area contributed by atoms with E-state index < -0.39 is 0 Å². The lowest BCUT2D eigenvalue weighted by Crippen LogP contribution is -2.32. The van der Waals surface area contributed by atoms with Crippen LogP contribution in [-0.2, 0) is 4.79 Å². The SMILES string of the molecule is O=C1NC(CC(=O)N2CCC(c3nnc(-c4cccnc4)o3)C2)c2ccccc21. The summed E-state index contributed by atoms with van der Waals surface area (Å²) in [7, 11) is 0. The average Bonchev–Trinajstić information content (AvgIpc) is 3.48. The molecule has 29 heavy (non-hydrogen) atoms. The molecule has 3 aromatic rings. The summed E-state index contributed by atoms with van der Waals surface area (Å²) in [4.78, 5) is 30.8. The summed E-state index contributed by atoms with van der Waals surface area (Å²) in [5.41, 5.74) is 2.31. The van der Waals surface area contributed by atoms with Crippen molar-refractivity contribution >= 4 is 11.8 Å². The van der Waals surface area contributed by atoms with Crippen LogP contribution in [0.25, 0.3) is 11.5 Å². The Kier molecular flexibility index (Phi) is 4.31. The average molecular weight is 389 g/mol. The molecule has 0 spiro atoms. The number of aromatic nitrogens is 3. The third-order valence-corrected chi connectivity index (χ3v) is 5.50. The first-order chi connectivity index (χ1) is 14.2. The Bertz CT molecular complexity index is 1060. The number of hydrogen-bond donors (Lipinski definition) is 1. The van der Waals surface area contributed by atoms with Gasteiger partial charge in [-0.15, -0.1) is 10.2 Å². The third kappa shape index (κ3) is 3.26. The van der Waals surface area contributed by atoms with E-state index in [-0.39, 0.29) is 30.2 Å². The van der Waals surface area contributed by atoms with Crippen molar-refractivity contribution in [3.8, 4) is 11.5 Å². The molecule has 1 N–H and O–H groups in total. The Balaban J connectivity index is 1.24. The summed E-state index contributed by atoms with van der Waals surface area (Å²) in [6.07, 6.45) is 4.39. The molecule has 1 saturated heterocycles. The number of hydrogen-bond acceptors (Lipinski definition) is 6. The van der Waals surface area contributed by atoms with Gasteiger partial charge in [-0.2, -0.15) is 0 Å². The van der Waals surface area contributed by atoms with Crippen LogP contribution < -0.4 is 5.32 Å². The number of fused-ring (bicyclic) bond motifs is 1. The summed E-state index contributed by atoms with van der Waals surface area (Å²) < 4.78 is 5.82. The highest BCUT2D eigenvalue weighted by molar-refractivity contribution is 5.99. The zero-order valence-corrected chi connectivity index (χ0v) is 15.6. The van der Waals surface area contributed by atoms with E-state index in [0.29, 0.717) is 30.4 Å². The maximum Gasteiger partial charge on any atom is 0.252 e. The van der Waals surface area contributed by atoms with Crippen LogP contribution in [0, 0.1) is 0 Å². The van der Waals surface area contributed by atoms with Gasteiger partial charge >= 0.3 is 0 Å². The largest absolute Gasteiger partial charge is 0.420 e. The van der Waals surface area contributed by atoms with Crippen molar-refractivity contribution in [2.24, 2.45) is 0 Å². The third-order valence-electron chi connectivity index (χ3n) is 5.50. The van der Waals surface area contributed by atoms with Gasteiger partial charge in [0.1, 0.15) is 0 Å². The topological polar surface area (TPSA) is 101 Å². The standard InChI is InChI=1S/C21H19N5O3/c27-18(10-17-15-5-1-2-6-16(15)19(28)23-17)26-9-7-14(12-26)21-25-24-20(29-21)13-4-3-8-22-11-13/h1-6,8,11,14,17H,7,9-10,12H2,(H,23,28). The summed E-state index contributed by atoms with van der Waals surface area (Å²) in [6.45, 7) is 1.17. The lowest BCUT2D eigenvalue weighted by molar-refractivity contribution is -0.130. The Morgan fingerprint density at radius 3 is 2.97 bits per heavy atom. The van der Waals surface area contributed by atoms with Gasteiger partial charge in [0.05, 0.1) is 23.9 Å². The van der Waals surface area contributed by atoms with E-state index in [0.717, 1.165) is 17.5 Å². The molecule has 1 aromatic carbocycles. The molecule has 2 unspecified atom stereocenters.